The molecule has 0 fully saturated rings. The molecule has 1 unspecified atom stereocenters. The summed E-state index contributed by atoms with van der Waals surface area (Å²) in [5.74, 6) is 1.24. The Kier molecular flexibility index (Phi) is 10.7. The minimum absolute atomic E-state index is 0.110. The van der Waals surface area contributed by atoms with E-state index < -0.39 is 0 Å². The van der Waals surface area contributed by atoms with Crippen LogP contribution in [0.3, 0.4) is 0 Å². The zero-order valence-electron chi connectivity index (χ0n) is 16.7. The van der Waals surface area contributed by atoms with Crippen LogP contribution in [0.5, 0.6) is 0 Å². The number of Topliss-reactive ketones (excluding diaryl/α,β-unsaturated/α-hetero) is 1. The number of hydrogen-bond donors (Lipinski definition) is 0. The van der Waals surface area contributed by atoms with Crippen molar-refractivity contribution in [2.45, 2.75) is 91.9 Å². The molecule has 25 heavy (non-hydrogen) atoms. The lowest BCUT2D eigenvalue weighted by Crippen LogP contribution is -2.21. The zero-order chi connectivity index (χ0) is 18.7. The molecule has 2 heteroatoms. The summed E-state index contributed by atoms with van der Waals surface area (Å²) in [6, 6.07) is 5.52. The largest absolute Gasteiger partial charge is 0.300 e. The quantitative estimate of drug-likeness (QED) is 0.378. The number of aryl methyl sites for hydroxylation is 1. The molecule has 0 aliphatic rings. The van der Waals surface area contributed by atoms with Crippen molar-refractivity contribution >= 4 is 5.78 Å². The third kappa shape index (κ3) is 7.71. The lowest BCUT2D eigenvalue weighted by molar-refractivity contribution is -0.120. The minimum Gasteiger partial charge on any atom is -0.300 e. The first kappa shape index (κ1) is 21.9. The second kappa shape index (κ2) is 12.2. The van der Waals surface area contributed by atoms with Crippen molar-refractivity contribution in [2.75, 3.05) is 0 Å². The van der Waals surface area contributed by atoms with Crippen LogP contribution in [-0.4, -0.2) is 5.78 Å². The Bertz CT molecular complexity index is 501. The molecule has 1 nitrogen and oxygen atoms in total. The van der Waals surface area contributed by atoms with Gasteiger partial charge in [-0.05, 0) is 41.9 Å². The molecule has 1 rings (SSSR count). The molecule has 0 N–H and O–H groups in total. The summed E-state index contributed by atoms with van der Waals surface area (Å²) in [6.07, 6.45) is 10.2. The van der Waals surface area contributed by atoms with Gasteiger partial charge in [-0.1, -0.05) is 78.4 Å². The maximum atomic E-state index is 13.8. The van der Waals surface area contributed by atoms with Crippen molar-refractivity contribution in [1.82, 2.24) is 0 Å². The standard InChI is InChI=1S/C23H37FO/c1-5-9-11-20(12-10-6-2)21(17-22(25)8-4)16-18-13-14-23(24)19(7-3)15-18/h13-15,20-21H,5-12,16-17H2,1-4H3. The van der Waals surface area contributed by atoms with E-state index in [4.69, 9.17) is 0 Å². The van der Waals surface area contributed by atoms with E-state index in [2.05, 4.69) is 13.8 Å². The van der Waals surface area contributed by atoms with Crippen LogP contribution in [0.15, 0.2) is 18.2 Å². The van der Waals surface area contributed by atoms with Gasteiger partial charge in [0.1, 0.15) is 11.6 Å². The van der Waals surface area contributed by atoms with E-state index >= 15 is 0 Å². The van der Waals surface area contributed by atoms with Crippen LogP contribution in [0, 0.1) is 17.7 Å². The van der Waals surface area contributed by atoms with Crippen molar-refractivity contribution < 1.29 is 9.18 Å². The Hall–Kier alpha value is -1.18. The molecule has 0 radical (unpaired) electrons. The van der Waals surface area contributed by atoms with Gasteiger partial charge < -0.3 is 0 Å². The summed E-state index contributed by atoms with van der Waals surface area (Å²) in [7, 11) is 0. The van der Waals surface area contributed by atoms with E-state index in [0.29, 0.717) is 36.9 Å². The van der Waals surface area contributed by atoms with Crippen LogP contribution in [0.1, 0.15) is 90.2 Å². The summed E-state index contributed by atoms with van der Waals surface area (Å²) in [4.78, 5) is 12.2. The van der Waals surface area contributed by atoms with Crippen molar-refractivity contribution in [3.05, 3.63) is 35.1 Å². The molecular formula is C23H37FO. The van der Waals surface area contributed by atoms with E-state index in [-0.39, 0.29) is 5.82 Å². The van der Waals surface area contributed by atoms with Crippen LogP contribution in [0.4, 0.5) is 4.39 Å². The number of benzene rings is 1. The predicted octanol–water partition coefficient (Wildman–Crippen LogP) is 6.91. The first-order valence-corrected chi connectivity index (χ1v) is 10.3. The number of ketones is 1. The van der Waals surface area contributed by atoms with Gasteiger partial charge in [-0.25, -0.2) is 4.39 Å². The fourth-order valence-electron chi connectivity index (χ4n) is 3.72. The molecule has 0 aliphatic heterocycles. The van der Waals surface area contributed by atoms with Gasteiger partial charge in [-0.3, -0.25) is 4.79 Å². The van der Waals surface area contributed by atoms with Gasteiger partial charge in [-0.15, -0.1) is 0 Å². The highest BCUT2D eigenvalue weighted by Crippen LogP contribution is 2.31. The van der Waals surface area contributed by atoms with Crippen molar-refractivity contribution in [2.24, 2.45) is 11.8 Å². The summed E-state index contributed by atoms with van der Waals surface area (Å²) in [5, 5.41) is 0. The topological polar surface area (TPSA) is 17.1 Å². The molecule has 0 aliphatic carbocycles. The monoisotopic (exact) mass is 348 g/mol. The van der Waals surface area contributed by atoms with Gasteiger partial charge >= 0.3 is 0 Å². The third-order valence-electron chi connectivity index (χ3n) is 5.40. The van der Waals surface area contributed by atoms with E-state index in [0.717, 1.165) is 12.0 Å². The van der Waals surface area contributed by atoms with Gasteiger partial charge in [0, 0.05) is 12.8 Å². The molecule has 0 spiro atoms. The highest BCUT2D eigenvalue weighted by molar-refractivity contribution is 5.78. The fraction of sp³-hybridized carbons (Fsp3) is 0.696. The summed E-state index contributed by atoms with van der Waals surface area (Å²) >= 11 is 0. The molecule has 0 saturated carbocycles. The van der Waals surface area contributed by atoms with Crippen LogP contribution < -0.4 is 0 Å². The SMILES string of the molecule is CCCCC(CCCC)C(CC(=O)CC)Cc1ccc(F)c(CC)c1. The van der Waals surface area contributed by atoms with Crippen LogP contribution >= 0.6 is 0 Å². The third-order valence-corrected chi connectivity index (χ3v) is 5.40. The molecule has 0 heterocycles. The second-order valence-corrected chi connectivity index (χ2v) is 7.38. The fourth-order valence-corrected chi connectivity index (χ4v) is 3.72. The Morgan fingerprint density at radius 1 is 1.00 bits per heavy atom. The van der Waals surface area contributed by atoms with Gasteiger partial charge in [-0.2, -0.15) is 0 Å². The van der Waals surface area contributed by atoms with E-state index in [1.807, 2.05) is 26.0 Å². The van der Waals surface area contributed by atoms with E-state index in [1.54, 1.807) is 6.07 Å². The van der Waals surface area contributed by atoms with E-state index in [1.165, 1.54) is 44.1 Å². The molecule has 1 aromatic rings. The second-order valence-electron chi connectivity index (χ2n) is 7.38. The smallest absolute Gasteiger partial charge is 0.132 e. The maximum absolute atomic E-state index is 13.8. The number of halogens is 1. The number of carbonyl (C=O) groups is 1. The molecular weight excluding hydrogens is 311 g/mol. The Morgan fingerprint density at radius 2 is 1.64 bits per heavy atom. The van der Waals surface area contributed by atoms with Gasteiger partial charge in [0.25, 0.3) is 0 Å². The van der Waals surface area contributed by atoms with Gasteiger partial charge in [0.15, 0.2) is 0 Å². The van der Waals surface area contributed by atoms with Crippen LogP contribution in [-0.2, 0) is 17.6 Å². The first-order chi connectivity index (χ1) is 12.0. The predicted molar refractivity (Wildman–Crippen MR) is 105 cm³/mol. The highest BCUT2D eigenvalue weighted by atomic mass is 19.1. The summed E-state index contributed by atoms with van der Waals surface area (Å²) in [5.41, 5.74) is 1.97. The van der Waals surface area contributed by atoms with Gasteiger partial charge in [0.2, 0.25) is 0 Å². The van der Waals surface area contributed by atoms with E-state index in [9.17, 15) is 9.18 Å². The molecule has 0 amide bonds. The lowest BCUT2D eigenvalue weighted by Gasteiger charge is -2.27. The minimum atomic E-state index is -0.110. The zero-order valence-corrected chi connectivity index (χ0v) is 16.7. The number of unbranched alkanes of at least 4 members (excludes halogenated alkanes) is 2. The van der Waals surface area contributed by atoms with Crippen molar-refractivity contribution in [1.29, 1.82) is 0 Å². The van der Waals surface area contributed by atoms with Gasteiger partial charge in [0.05, 0.1) is 0 Å². The molecule has 142 valence electrons. The molecule has 1 atom stereocenters. The van der Waals surface area contributed by atoms with Crippen molar-refractivity contribution in [3.8, 4) is 0 Å². The Balaban J connectivity index is 2.97. The first-order valence-electron chi connectivity index (χ1n) is 10.3. The van der Waals surface area contributed by atoms with Crippen LogP contribution in [0.25, 0.3) is 0 Å². The molecule has 1 aromatic carbocycles. The highest BCUT2D eigenvalue weighted by Gasteiger charge is 2.23. The Morgan fingerprint density at radius 3 is 2.16 bits per heavy atom. The lowest BCUT2D eigenvalue weighted by atomic mass is 9.77. The molecule has 0 saturated heterocycles. The average Bonchev–Trinajstić information content (AvgIpc) is 2.62. The normalized spacial score (nSPS) is 12.6. The number of rotatable bonds is 13. The number of carbonyl (C=O) groups excluding carboxylic acids is 1. The molecule has 0 aromatic heterocycles. The summed E-state index contributed by atoms with van der Waals surface area (Å²) < 4.78 is 13.8. The van der Waals surface area contributed by atoms with Crippen molar-refractivity contribution in [3.63, 3.8) is 0 Å². The van der Waals surface area contributed by atoms with Crippen LogP contribution in [0.2, 0.25) is 0 Å². The number of hydrogen-bond acceptors (Lipinski definition) is 1. The molecule has 0 bridgehead atoms. The average molecular weight is 349 g/mol. The Labute approximate surface area is 154 Å². The summed E-state index contributed by atoms with van der Waals surface area (Å²) in [6.45, 7) is 8.41. The maximum Gasteiger partial charge on any atom is 0.132 e.